The van der Waals surface area contributed by atoms with E-state index in [0.717, 1.165) is 109 Å². The summed E-state index contributed by atoms with van der Waals surface area (Å²) in [5.41, 5.74) is 0. The normalized spacial score (nSPS) is 13.1. The van der Waals surface area contributed by atoms with Gasteiger partial charge in [-0.3, -0.25) is 14.4 Å². The smallest absolute Gasteiger partial charge is 0.306 e. The van der Waals surface area contributed by atoms with Gasteiger partial charge in [0, 0.05) is 19.3 Å². The van der Waals surface area contributed by atoms with Crippen molar-refractivity contribution in [2.24, 2.45) is 0 Å². The van der Waals surface area contributed by atoms with Crippen LogP contribution in [0.2, 0.25) is 0 Å². The van der Waals surface area contributed by atoms with Crippen molar-refractivity contribution in [3.05, 3.63) is 122 Å². The van der Waals surface area contributed by atoms with Gasteiger partial charge in [-0.25, -0.2) is 0 Å². The summed E-state index contributed by atoms with van der Waals surface area (Å²) < 4.78 is 16.7. The van der Waals surface area contributed by atoms with Crippen molar-refractivity contribution < 1.29 is 28.6 Å². The molecular weight excluding hydrogens is 805 g/mol. The fraction of sp³-hybridized carbons (Fsp3) is 0.610. The highest BCUT2D eigenvalue weighted by Gasteiger charge is 2.19. The van der Waals surface area contributed by atoms with Crippen molar-refractivity contribution >= 4 is 17.9 Å². The van der Waals surface area contributed by atoms with Crippen LogP contribution in [0.3, 0.4) is 0 Å². The van der Waals surface area contributed by atoms with E-state index in [1.54, 1.807) is 0 Å². The number of carbonyl (C=O) groups excluding carboxylic acids is 3. The van der Waals surface area contributed by atoms with Crippen LogP contribution in [0.25, 0.3) is 0 Å². The van der Waals surface area contributed by atoms with Crippen LogP contribution >= 0.6 is 0 Å². The third-order valence-corrected chi connectivity index (χ3v) is 10.4. The van der Waals surface area contributed by atoms with Gasteiger partial charge in [0.25, 0.3) is 0 Å². The van der Waals surface area contributed by atoms with Crippen molar-refractivity contribution in [3.8, 4) is 0 Å². The highest BCUT2D eigenvalue weighted by Crippen LogP contribution is 2.11. The van der Waals surface area contributed by atoms with Crippen molar-refractivity contribution in [3.63, 3.8) is 0 Å². The van der Waals surface area contributed by atoms with Crippen LogP contribution < -0.4 is 0 Å². The summed E-state index contributed by atoms with van der Waals surface area (Å²) in [6.45, 7) is 6.35. The Morgan fingerprint density at radius 1 is 0.323 bits per heavy atom. The number of unbranched alkanes of at least 4 members (excludes halogenated alkanes) is 14. The van der Waals surface area contributed by atoms with Gasteiger partial charge >= 0.3 is 17.9 Å². The van der Waals surface area contributed by atoms with E-state index in [1.165, 1.54) is 51.4 Å². The lowest BCUT2D eigenvalue weighted by Crippen LogP contribution is -2.30. The fourth-order valence-electron chi connectivity index (χ4n) is 6.51. The quantitative estimate of drug-likeness (QED) is 0.0262. The number of carbonyl (C=O) groups is 3. The zero-order valence-corrected chi connectivity index (χ0v) is 41.7. The van der Waals surface area contributed by atoms with Crippen molar-refractivity contribution in [2.45, 2.75) is 219 Å². The molecule has 0 bridgehead atoms. The molecular formula is C59H94O6. The minimum atomic E-state index is -0.828. The lowest BCUT2D eigenvalue weighted by Gasteiger charge is -2.18. The summed E-state index contributed by atoms with van der Waals surface area (Å²) in [6.07, 6.45) is 71.8. The Labute approximate surface area is 399 Å². The van der Waals surface area contributed by atoms with Crippen LogP contribution in [-0.4, -0.2) is 37.2 Å². The first-order valence-corrected chi connectivity index (χ1v) is 26.0. The van der Waals surface area contributed by atoms with Crippen molar-refractivity contribution in [1.29, 1.82) is 0 Å². The molecule has 0 heterocycles. The first-order chi connectivity index (χ1) is 32.0. The second-order valence-corrected chi connectivity index (χ2v) is 16.7. The molecule has 6 heteroatoms. The van der Waals surface area contributed by atoms with Crippen molar-refractivity contribution in [1.82, 2.24) is 0 Å². The molecule has 0 amide bonds. The zero-order valence-electron chi connectivity index (χ0n) is 41.7. The first-order valence-electron chi connectivity index (χ1n) is 26.0. The Balaban J connectivity index is 4.59. The molecule has 0 fully saturated rings. The number of hydrogen-bond acceptors (Lipinski definition) is 6. The Morgan fingerprint density at radius 3 is 1.03 bits per heavy atom. The summed E-state index contributed by atoms with van der Waals surface area (Å²) in [5.74, 6) is -1.04. The van der Waals surface area contributed by atoms with Gasteiger partial charge in [-0.05, 0) is 128 Å². The minimum Gasteiger partial charge on any atom is -0.462 e. The first kappa shape index (κ1) is 60.8. The Kier molecular flexibility index (Phi) is 49.1. The van der Waals surface area contributed by atoms with Gasteiger partial charge in [-0.15, -0.1) is 0 Å². The standard InChI is InChI=1S/C59H94O6/c1-4-7-10-13-16-19-22-25-28-29-32-34-37-40-43-46-49-52-58(61)64-55-56(65-59(62)53-50-47-44-41-38-35-31-27-24-21-18-15-12-9-6-3)54-63-57(60)51-48-45-42-39-36-33-30-26-23-20-17-14-11-8-5-2/h9,12,16-21,25-28,30-32,34,36,39-40,43,56H,4-8,10-11,13-15,22-24,29,33,35,37-38,41-42,44-55H2,1-3H3/b12-9-,19-16-,20-17-,21-18-,28-25-,30-26-,31-27-,34-32-,39-36-,43-40-/t56-/m1/s1. The molecule has 6 nitrogen and oxygen atoms in total. The van der Waals surface area contributed by atoms with Gasteiger partial charge < -0.3 is 14.2 Å². The molecule has 0 aromatic carbocycles. The van der Waals surface area contributed by atoms with E-state index in [2.05, 4.69) is 142 Å². The number of rotatable bonds is 45. The molecule has 0 radical (unpaired) electrons. The molecule has 0 saturated heterocycles. The van der Waals surface area contributed by atoms with Crippen LogP contribution in [0.1, 0.15) is 213 Å². The van der Waals surface area contributed by atoms with Crippen molar-refractivity contribution in [2.75, 3.05) is 13.2 Å². The van der Waals surface area contributed by atoms with Crippen LogP contribution in [0.4, 0.5) is 0 Å². The molecule has 0 spiro atoms. The predicted octanol–water partition coefficient (Wildman–Crippen LogP) is 17.3. The molecule has 0 unspecified atom stereocenters. The minimum absolute atomic E-state index is 0.126. The third kappa shape index (κ3) is 50.7. The van der Waals surface area contributed by atoms with E-state index in [0.29, 0.717) is 19.3 Å². The van der Waals surface area contributed by atoms with Gasteiger partial charge in [0.15, 0.2) is 6.10 Å². The average Bonchev–Trinajstić information content (AvgIpc) is 3.30. The Bertz CT molecular complexity index is 1400. The van der Waals surface area contributed by atoms with E-state index in [-0.39, 0.29) is 44.0 Å². The molecule has 0 rings (SSSR count). The Hall–Kier alpha value is -4.19. The molecule has 0 aromatic heterocycles. The molecule has 1 atom stereocenters. The summed E-state index contributed by atoms with van der Waals surface area (Å²) >= 11 is 0. The molecule has 366 valence electrons. The van der Waals surface area contributed by atoms with E-state index in [4.69, 9.17) is 14.2 Å². The van der Waals surface area contributed by atoms with Gasteiger partial charge in [-0.1, -0.05) is 187 Å². The highest BCUT2D eigenvalue weighted by atomic mass is 16.6. The van der Waals surface area contributed by atoms with E-state index in [9.17, 15) is 14.4 Å². The summed E-state index contributed by atoms with van der Waals surface area (Å²) in [5, 5.41) is 0. The van der Waals surface area contributed by atoms with E-state index < -0.39 is 6.10 Å². The lowest BCUT2D eigenvalue weighted by molar-refractivity contribution is -0.167. The molecule has 0 aliphatic carbocycles. The second kappa shape index (κ2) is 52.4. The molecule has 0 aliphatic rings. The predicted molar refractivity (Wildman–Crippen MR) is 279 cm³/mol. The maximum Gasteiger partial charge on any atom is 0.306 e. The van der Waals surface area contributed by atoms with Crippen LogP contribution in [-0.2, 0) is 28.6 Å². The molecule has 0 aromatic rings. The zero-order chi connectivity index (χ0) is 47.2. The maximum absolute atomic E-state index is 12.8. The number of hydrogen-bond donors (Lipinski definition) is 0. The third-order valence-electron chi connectivity index (χ3n) is 10.4. The summed E-state index contributed by atoms with van der Waals surface area (Å²) in [6, 6.07) is 0. The Morgan fingerprint density at radius 2 is 0.615 bits per heavy atom. The van der Waals surface area contributed by atoms with Gasteiger partial charge in [0.05, 0.1) is 0 Å². The average molecular weight is 899 g/mol. The molecule has 65 heavy (non-hydrogen) atoms. The number of ether oxygens (including phenoxy) is 3. The van der Waals surface area contributed by atoms with Crippen LogP contribution in [0.15, 0.2) is 122 Å². The maximum atomic E-state index is 12.8. The van der Waals surface area contributed by atoms with Gasteiger partial charge in [0.1, 0.15) is 13.2 Å². The van der Waals surface area contributed by atoms with Gasteiger partial charge in [0.2, 0.25) is 0 Å². The van der Waals surface area contributed by atoms with Gasteiger partial charge in [-0.2, -0.15) is 0 Å². The largest absolute Gasteiger partial charge is 0.462 e. The molecule has 0 N–H and O–H groups in total. The lowest BCUT2D eigenvalue weighted by atomic mass is 10.1. The van der Waals surface area contributed by atoms with E-state index >= 15 is 0 Å². The van der Waals surface area contributed by atoms with E-state index in [1.807, 2.05) is 0 Å². The number of esters is 3. The topological polar surface area (TPSA) is 78.9 Å². The molecule has 0 saturated carbocycles. The monoisotopic (exact) mass is 899 g/mol. The molecule has 0 aliphatic heterocycles. The van der Waals surface area contributed by atoms with Crippen LogP contribution in [0, 0.1) is 0 Å². The summed E-state index contributed by atoms with van der Waals surface area (Å²) in [7, 11) is 0. The number of allylic oxidation sites excluding steroid dienone is 20. The second-order valence-electron chi connectivity index (χ2n) is 16.7. The SMILES string of the molecule is CC/C=C\C/C=C\C/C=C\CCCCCCCC(=O)O[C@@H](COC(=O)CCC/C=C\C/C=C\C/C=C\C/C=C\CCCCC)COC(=O)CCCC/C=C\C/C=C\C/C=C\CCCCC. The van der Waals surface area contributed by atoms with Crippen LogP contribution in [0.5, 0.6) is 0 Å². The highest BCUT2D eigenvalue weighted by molar-refractivity contribution is 5.71. The summed E-state index contributed by atoms with van der Waals surface area (Å²) in [4.78, 5) is 38.0. The fourth-order valence-corrected chi connectivity index (χ4v) is 6.51.